The number of nitrogens with zero attached hydrogens (tertiary/aromatic N) is 3. The molecule has 1 amide bonds. The molecule has 0 radical (unpaired) electrons. The summed E-state index contributed by atoms with van der Waals surface area (Å²) in [6, 6.07) is 7.65. The van der Waals surface area contributed by atoms with Crippen molar-refractivity contribution in [1.82, 2.24) is 14.8 Å². The average Bonchev–Trinajstić information content (AvgIpc) is 2.48. The summed E-state index contributed by atoms with van der Waals surface area (Å²) < 4.78 is 0. The van der Waals surface area contributed by atoms with E-state index in [4.69, 9.17) is 5.73 Å². The third-order valence-corrected chi connectivity index (χ3v) is 3.85. The van der Waals surface area contributed by atoms with Gasteiger partial charge in [0.2, 0.25) is 0 Å². The molecule has 2 aromatic rings. The zero-order valence-corrected chi connectivity index (χ0v) is 11.5. The summed E-state index contributed by atoms with van der Waals surface area (Å²) in [5.74, 6) is 0.511. The second-order valence-corrected chi connectivity index (χ2v) is 5.20. The number of hydrogen-bond donors (Lipinski definition) is 1. The van der Waals surface area contributed by atoms with Gasteiger partial charge in [-0.15, -0.1) is 0 Å². The second kappa shape index (κ2) is 5.09. The van der Waals surface area contributed by atoms with Gasteiger partial charge < -0.3 is 15.5 Å². The minimum absolute atomic E-state index is 0.0433. The lowest BCUT2D eigenvalue weighted by Crippen LogP contribution is -2.47. The molecule has 1 saturated heterocycles. The number of nitrogen functional groups attached to an aromatic ring is 1. The number of benzene rings is 1. The standard InChI is InChI=1S/C15H18N4O/c1-18-6-8-19(9-7-18)15(20)13-10-17-14(16)12-5-3-2-4-11(12)13/h2-5,10H,6-9H2,1H3,(H2,16,17). The SMILES string of the molecule is CN1CCN(C(=O)c2cnc(N)c3ccccc23)CC1. The van der Waals surface area contributed by atoms with Crippen LogP contribution >= 0.6 is 0 Å². The zero-order valence-electron chi connectivity index (χ0n) is 11.5. The highest BCUT2D eigenvalue weighted by Gasteiger charge is 2.22. The van der Waals surface area contributed by atoms with Crippen LogP contribution in [0.25, 0.3) is 10.8 Å². The molecule has 0 aliphatic carbocycles. The number of carbonyl (C=O) groups excluding carboxylic acids is 1. The van der Waals surface area contributed by atoms with E-state index in [-0.39, 0.29) is 5.91 Å². The fourth-order valence-corrected chi connectivity index (χ4v) is 2.56. The van der Waals surface area contributed by atoms with Gasteiger partial charge in [0.15, 0.2) is 0 Å². The molecular weight excluding hydrogens is 252 g/mol. The zero-order chi connectivity index (χ0) is 14.1. The minimum atomic E-state index is 0.0433. The number of nitrogens with two attached hydrogens (primary N) is 1. The number of aromatic nitrogens is 1. The van der Waals surface area contributed by atoms with Gasteiger partial charge in [0.05, 0.1) is 5.56 Å². The van der Waals surface area contributed by atoms with Crippen molar-refractivity contribution in [3.8, 4) is 0 Å². The lowest BCUT2D eigenvalue weighted by atomic mass is 10.1. The molecule has 0 bridgehead atoms. The van der Waals surface area contributed by atoms with Crippen molar-refractivity contribution >= 4 is 22.5 Å². The van der Waals surface area contributed by atoms with Crippen molar-refractivity contribution in [2.24, 2.45) is 0 Å². The van der Waals surface area contributed by atoms with E-state index in [0.29, 0.717) is 11.4 Å². The Kier molecular flexibility index (Phi) is 3.28. The molecule has 5 nitrogen and oxygen atoms in total. The van der Waals surface area contributed by atoms with Crippen molar-refractivity contribution in [3.05, 3.63) is 36.0 Å². The van der Waals surface area contributed by atoms with Crippen molar-refractivity contribution in [1.29, 1.82) is 0 Å². The molecule has 0 unspecified atom stereocenters. The number of rotatable bonds is 1. The Morgan fingerprint density at radius 1 is 1.15 bits per heavy atom. The molecule has 3 rings (SSSR count). The molecule has 1 aliphatic rings. The van der Waals surface area contributed by atoms with E-state index in [1.807, 2.05) is 29.2 Å². The summed E-state index contributed by atoms with van der Waals surface area (Å²) in [5, 5.41) is 1.72. The van der Waals surface area contributed by atoms with Crippen LogP contribution in [-0.2, 0) is 0 Å². The summed E-state index contributed by atoms with van der Waals surface area (Å²) in [7, 11) is 2.07. The van der Waals surface area contributed by atoms with Gasteiger partial charge in [-0.3, -0.25) is 4.79 Å². The van der Waals surface area contributed by atoms with Crippen molar-refractivity contribution in [3.63, 3.8) is 0 Å². The normalized spacial score (nSPS) is 16.6. The molecule has 5 heteroatoms. The molecule has 104 valence electrons. The Labute approximate surface area is 118 Å². The van der Waals surface area contributed by atoms with Gasteiger partial charge in [-0.2, -0.15) is 0 Å². The maximum atomic E-state index is 12.7. The number of likely N-dealkylation sites (N-methyl/N-ethyl adjacent to an activating group) is 1. The van der Waals surface area contributed by atoms with E-state index in [1.165, 1.54) is 0 Å². The predicted octanol–water partition coefficient (Wildman–Crippen LogP) is 1.20. The molecule has 0 spiro atoms. The molecule has 1 fully saturated rings. The van der Waals surface area contributed by atoms with Gasteiger partial charge in [-0.05, 0) is 12.4 Å². The number of carbonyl (C=O) groups is 1. The molecule has 1 aromatic carbocycles. The molecule has 1 aliphatic heterocycles. The maximum Gasteiger partial charge on any atom is 0.256 e. The van der Waals surface area contributed by atoms with E-state index in [2.05, 4.69) is 16.9 Å². The van der Waals surface area contributed by atoms with E-state index < -0.39 is 0 Å². The van der Waals surface area contributed by atoms with Crippen LogP contribution in [-0.4, -0.2) is 53.9 Å². The molecule has 2 heterocycles. The average molecular weight is 270 g/mol. The van der Waals surface area contributed by atoms with Gasteiger partial charge in [-0.1, -0.05) is 24.3 Å². The summed E-state index contributed by atoms with van der Waals surface area (Å²) in [6.45, 7) is 3.33. The van der Waals surface area contributed by atoms with Crippen LogP contribution in [0.15, 0.2) is 30.5 Å². The van der Waals surface area contributed by atoms with Gasteiger partial charge >= 0.3 is 0 Å². The first-order chi connectivity index (χ1) is 9.66. The van der Waals surface area contributed by atoms with Crippen molar-refractivity contribution < 1.29 is 4.79 Å². The van der Waals surface area contributed by atoms with Gasteiger partial charge in [-0.25, -0.2) is 4.98 Å². The van der Waals surface area contributed by atoms with E-state index in [1.54, 1.807) is 6.20 Å². The van der Waals surface area contributed by atoms with Crippen LogP contribution in [0.5, 0.6) is 0 Å². The third-order valence-electron chi connectivity index (χ3n) is 3.85. The van der Waals surface area contributed by atoms with E-state index in [9.17, 15) is 4.79 Å². The van der Waals surface area contributed by atoms with Crippen LogP contribution in [0.2, 0.25) is 0 Å². The summed E-state index contributed by atoms with van der Waals surface area (Å²) >= 11 is 0. The van der Waals surface area contributed by atoms with Gasteiger partial charge in [0.1, 0.15) is 5.82 Å². The quantitative estimate of drug-likeness (QED) is 0.846. The Morgan fingerprint density at radius 3 is 2.50 bits per heavy atom. The summed E-state index contributed by atoms with van der Waals surface area (Å²) in [6.07, 6.45) is 1.60. The molecular formula is C15H18N4O. The van der Waals surface area contributed by atoms with E-state index >= 15 is 0 Å². The number of pyridine rings is 1. The van der Waals surface area contributed by atoms with Crippen LogP contribution in [0.1, 0.15) is 10.4 Å². The predicted molar refractivity (Wildman–Crippen MR) is 79.6 cm³/mol. The Balaban J connectivity index is 1.98. The number of hydrogen-bond acceptors (Lipinski definition) is 4. The Bertz CT molecular complexity index is 647. The smallest absolute Gasteiger partial charge is 0.256 e. The Morgan fingerprint density at radius 2 is 1.80 bits per heavy atom. The molecule has 1 aromatic heterocycles. The number of anilines is 1. The topological polar surface area (TPSA) is 62.5 Å². The highest BCUT2D eigenvalue weighted by atomic mass is 16.2. The monoisotopic (exact) mass is 270 g/mol. The van der Waals surface area contributed by atoms with Crippen molar-refractivity contribution in [2.45, 2.75) is 0 Å². The van der Waals surface area contributed by atoms with Crippen LogP contribution in [0.4, 0.5) is 5.82 Å². The second-order valence-electron chi connectivity index (χ2n) is 5.20. The highest BCUT2D eigenvalue weighted by molar-refractivity contribution is 6.08. The van der Waals surface area contributed by atoms with Gasteiger partial charge in [0, 0.05) is 37.8 Å². The van der Waals surface area contributed by atoms with E-state index in [0.717, 1.165) is 37.0 Å². The van der Waals surface area contributed by atoms with Crippen molar-refractivity contribution in [2.75, 3.05) is 39.0 Å². The van der Waals surface area contributed by atoms with Crippen LogP contribution in [0, 0.1) is 0 Å². The van der Waals surface area contributed by atoms with Crippen LogP contribution < -0.4 is 5.73 Å². The minimum Gasteiger partial charge on any atom is -0.383 e. The first-order valence-electron chi connectivity index (χ1n) is 6.78. The number of amides is 1. The molecule has 0 atom stereocenters. The molecule has 20 heavy (non-hydrogen) atoms. The first-order valence-corrected chi connectivity index (χ1v) is 6.78. The lowest BCUT2D eigenvalue weighted by Gasteiger charge is -2.32. The highest BCUT2D eigenvalue weighted by Crippen LogP contribution is 2.23. The number of piperazine rings is 1. The Hall–Kier alpha value is -2.14. The van der Waals surface area contributed by atoms with Crippen LogP contribution in [0.3, 0.4) is 0 Å². The fraction of sp³-hybridized carbons (Fsp3) is 0.333. The fourth-order valence-electron chi connectivity index (χ4n) is 2.56. The third kappa shape index (κ3) is 2.20. The largest absolute Gasteiger partial charge is 0.383 e. The maximum absolute atomic E-state index is 12.7. The lowest BCUT2D eigenvalue weighted by molar-refractivity contribution is 0.0666. The molecule has 2 N–H and O–H groups in total. The van der Waals surface area contributed by atoms with Gasteiger partial charge in [0.25, 0.3) is 5.91 Å². The summed E-state index contributed by atoms with van der Waals surface area (Å²) in [4.78, 5) is 20.9. The number of fused-ring (bicyclic) bond motifs is 1. The first kappa shape index (κ1) is 12.9. The summed E-state index contributed by atoms with van der Waals surface area (Å²) in [5.41, 5.74) is 6.52. The molecule has 0 saturated carbocycles.